The third-order valence-electron chi connectivity index (χ3n) is 2.17. The Labute approximate surface area is 113 Å². The molecule has 0 saturated carbocycles. The summed E-state index contributed by atoms with van der Waals surface area (Å²) < 4.78 is 10.3. The average molecular weight is 266 g/mol. The Bertz CT molecular complexity index is 412. The molecule has 0 aliphatic carbocycles. The zero-order valence-corrected chi connectivity index (χ0v) is 11.7. The van der Waals surface area contributed by atoms with Crippen LogP contribution in [-0.4, -0.2) is 17.7 Å². The van der Waals surface area contributed by atoms with Crippen LogP contribution in [0.4, 0.5) is 0 Å². The van der Waals surface area contributed by atoms with E-state index in [9.17, 15) is 4.79 Å². The maximum absolute atomic E-state index is 11.7. The summed E-state index contributed by atoms with van der Waals surface area (Å²) in [5, 5.41) is 0. The smallest absolute Gasteiger partial charge is 0.336 e. The lowest BCUT2D eigenvalue weighted by atomic mass is 10.1. The van der Waals surface area contributed by atoms with Crippen LogP contribution in [0.3, 0.4) is 0 Å². The molecule has 1 rings (SSSR count). The van der Waals surface area contributed by atoms with Gasteiger partial charge >= 0.3 is 5.97 Å². The number of hydrogen-bond donors (Lipinski definition) is 1. The van der Waals surface area contributed by atoms with E-state index in [0.717, 1.165) is 5.56 Å². The second kappa shape index (κ2) is 7.24. The quantitative estimate of drug-likeness (QED) is 0.384. The molecule has 0 aromatic heterocycles. The van der Waals surface area contributed by atoms with Crippen molar-refractivity contribution in [3.8, 4) is 0 Å². The molecule has 2 atom stereocenters. The van der Waals surface area contributed by atoms with Crippen LogP contribution in [0, 0.1) is 0 Å². The van der Waals surface area contributed by atoms with Crippen molar-refractivity contribution in [3.63, 3.8) is 0 Å². The number of rotatable bonds is 5. The van der Waals surface area contributed by atoms with E-state index in [0.29, 0.717) is 5.57 Å². The van der Waals surface area contributed by atoms with Gasteiger partial charge in [0.2, 0.25) is 6.29 Å². The van der Waals surface area contributed by atoms with E-state index in [1.54, 1.807) is 26.8 Å². The lowest BCUT2D eigenvalue weighted by Gasteiger charge is -2.16. The van der Waals surface area contributed by atoms with E-state index in [4.69, 9.17) is 9.47 Å². The second-order valence-electron chi connectivity index (χ2n) is 3.95. The molecule has 1 aromatic rings. The molecule has 0 heterocycles. The number of carbonyl (C=O) groups excluding carboxylic acids is 1. The molecular formula is C14H18O3S. The standard InChI is InChI=1S/C14H18O3S/c1-10(9-13-7-5-4-6-8-13)14(15)17-11(2)16-12(3)18/h4-9,11-12,18H,1-3H3/b10-9+. The van der Waals surface area contributed by atoms with Crippen molar-refractivity contribution in [2.75, 3.05) is 0 Å². The van der Waals surface area contributed by atoms with Crippen LogP contribution in [0.1, 0.15) is 26.3 Å². The molecule has 0 radical (unpaired) electrons. The average Bonchev–Trinajstić information content (AvgIpc) is 2.28. The summed E-state index contributed by atoms with van der Waals surface area (Å²) in [7, 11) is 0. The van der Waals surface area contributed by atoms with Crippen LogP contribution in [0.15, 0.2) is 35.9 Å². The Hall–Kier alpha value is -1.26. The van der Waals surface area contributed by atoms with Gasteiger partial charge in [-0.05, 0) is 32.4 Å². The fraction of sp³-hybridized carbons (Fsp3) is 0.357. The van der Waals surface area contributed by atoms with Gasteiger partial charge in [0.1, 0.15) is 5.44 Å². The van der Waals surface area contributed by atoms with Crippen LogP contribution >= 0.6 is 12.6 Å². The lowest BCUT2D eigenvalue weighted by Crippen LogP contribution is -2.21. The largest absolute Gasteiger partial charge is 0.433 e. The highest BCUT2D eigenvalue weighted by Gasteiger charge is 2.12. The number of carbonyl (C=O) groups is 1. The van der Waals surface area contributed by atoms with Crippen LogP contribution < -0.4 is 0 Å². The first kappa shape index (κ1) is 14.8. The summed E-state index contributed by atoms with van der Waals surface area (Å²) >= 11 is 4.06. The van der Waals surface area contributed by atoms with Gasteiger partial charge in [0.25, 0.3) is 0 Å². The number of thiol groups is 1. The van der Waals surface area contributed by atoms with Gasteiger partial charge in [-0.25, -0.2) is 4.79 Å². The van der Waals surface area contributed by atoms with Crippen molar-refractivity contribution in [2.45, 2.75) is 32.5 Å². The summed E-state index contributed by atoms with van der Waals surface area (Å²) in [5.74, 6) is -0.389. The summed E-state index contributed by atoms with van der Waals surface area (Å²) in [6.07, 6.45) is 1.17. The van der Waals surface area contributed by atoms with Crippen LogP contribution in [-0.2, 0) is 14.3 Å². The van der Waals surface area contributed by atoms with Crippen molar-refractivity contribution < 1.29 is 14.3 Å². The number of benzene rings is 1. The van der Waals surface area contributed by atoms with E-state index in [1.165, 1.54) is 0 Å². The predicted molar refractivity (Wildman–Crippen MR) is 75.2 cm³/mol. The summed E-state index contributed by atoms with van der Waals surface area (Å²) in [5.41, 5.74) is 1.22. The van der Waals surface area contributed by atoms with Gasteiger partial charge in [-0.3, -0.25) is 0 Å². The van der Waals surface area contributed by atoms with Crippen LogP contribution in [0.5, 0.6) is 0 Å². The Balaban J connectivity index is 2.59. The molecule has 0 amide bonds. The number of esters is 1. The molecule has 0 saturated heterocycles. The summed E-state index contributed by atoms with van der Waals surface area (Å²) in [6, 6.07) is 9.60. The van der Waals surface area contributed by atoms with Crippen molar-refractivity contribution in [3.05, 3.63) is 41.5 Å². The number of ether oxygens (including phenoxy) is 2. The third kappa shape index (κ3) is 5.38. The Morgan fingerprint density at radius 1 is 1.28 bits per heavy atom. The molecule has 0 N–H and O–H groups in total. The van der Waals surface area contributed by atoms with Gasteiger partial charge in [0, 0.05) is 5.57 Å². The lowest BCUT2D eigenvalue weighted by molar-refractivity contribution is -0.171. The molecule has 0 aliphatic heterocycles. The first-order valence-corrected chi connectivity index (χ1v) is 6.28. The van der Waals surface area contributed by atoms with Gasteiger partial charge in [-0.2, -0.15) is 0 Å². The SMILES string of the molecule is C/C(=C\c1ccccc1)C(=O)OC(C)OC(C)S. The molecular weight excluding hydrogens is 248 g/mol. The van der Waals surface area contributed by atoms with E-state index in [1.807, 2.05) is 30.3 Å². The fourth-order valence-corrected chi connectivity index (χ4v) is 1.58. The van der Waals surface area contributed by atoms with Gasteiger partial charge < -0.3 is 9.47 Å². The Morgan fingerprint density at radius 3 is 2.44 bits per heavy atom. The highest BCUT2D eigenvalue weighted by molar-refractivity contribution is 7.80. The minimum Gasteiger partial charge on any atom is -0.433 e. The van der Waals surface area contributed by atoms with Gasteiger partial charge in [-0.15, -0.1) is 12.6 Å². The molecule has 1 aromatic carbocycles. The second-order valence-corrected chi connectivity index (χ2v) is 4.67. The van der Waals surface area contributed by atoms with E-state index < -0.39 is 6.29 Å². The van der Waals surface area contributed by atoms with Gasteiger partial charge in [-0.1, -0.05) is 30.3 Å². The molecule has 2 unspecified atom stereocenters. The van der Waals surface area contributed by atoms with Crippen molar-refractivity contribution in [1.82, 2.24) is 0 Å². The maximum Gasteiger partial charge on any atom is 0.336 e. The monoisotopic (exact) mass is 266 g/mol. The molecule has 0 spiro atoms. The van der Waals surface area contributed by atoms with E-state index in [-0.39, 0.29) is 11.4 Å². The predicted octanol–water partition coefficient (Wildman–Crippen LogP) is 3.27. The molecule has 0 bridgehead atoms. The minimum absolute atomic E-state index is 0.272. The first-order chi connectivity index (χ1) is 8.49. The Morgan fingerprint density at radius 2 is 1.89 bits per heavy atom. The molecule has 0 aliphatic rings. The van der Waals surface area contributed by atoms with E-state index >= 15 is 0 Å². The normalized spacial score (nSPS) is 15.0. The summed E-state index contributed by atoms with van der Waals surface area (Å²) in [4.78, 5) is 11.7. The van der Waals surface area contributed by atoms with Crippen molar-refractivity contribution in [1.29, 1.82) is 0 Å². The zero-order valence-electron chi connectivity index (χ0n) is 10.8. The fourth-order valence-electron chi connectivity index (χ4n) is 1.41. The number of hydrogen-bond acceptors (Lipinski definition) is 4. The maximum atomic E-state index is 11.7. The van der Waals surface area contributed by atoms with Crippen LogP contribution in [0.2, 0.25) is 0 Å². The molecule has 18 heavy (non-hydrogen) atoms. The minimum atomic E-state index is -0.607. The molecule has 0 fully saturated rings. The highest BCUT2D eigenvalue weighted by atomic mass is 32.1. The molecule has 4 heteroatoms. The molecule has 3 nitrogen and oxygen atoms in total. The van der Waals surface area contributed by atoms with Crippen molar-refractivity contribution >= 4 is 24.7 Å². The third-order valence-corrected chi connectivity index (χ3v) is 2.29. The zero-order chi connectivity index (χ0) is 13.5. The van der Waals surface area contributed by atoms with Crippen molar-refractivity contribution in [2.24, 2.45) is 0 Å². The van der Waals surface area contributed by atoms with Gasteiger partial charge in [0.05, 0.1) is 0 Å². The molecule has 98 valence electrons. The van der Waals surface area contributed by atoms with E-state index in [2.05, 4.69) is 12.6 Å². The van der Waals surface area contributed by atoms with Crippen LogP contribution in [0.25, 0.3) is 6.08 Å². The topological polar surface area (TPSA) is 35.5 Å². The highest BCUT2D eigenvalue weighted by Crippen LogP contribution is 2.10. The van der Waals surface area contributed by atoms with Gasteiger partial charge in [0.15, 0.2) is 0 Å². The summed E-state index contributed by atoms with van der Waals surface area (Å²) in [6.45, 7) is 5.15. The Kier molecular flexibility index (Phi) is 5.95. The first-order valence-electron chi connectivity index (χ1n) is 5.77.